The van der Waals surface area contributed by atoms with Crippen molar-refractivity contribution >= 4 is 29.9 Å². The van der Waals surface area contributed by atoms with E-state index in [1.54, 1.807) is 12.1 Å². The molecule has 0 saturated carbocycles. The third-order valence-corrected chi connectivity index (χ3v) is 4.37. The lowest BCUT2D eigenvalue weighted by Gasteiger charge is -2.26. The molecule has 3 N–H and O–H groups in total. The molecule has 1 aromatic carbocycles. The second-order valence-corrected chi connectivity index (χ2v) is 6.49. The van der Waals surface area contributed by atoms with Crippen molar-refractivity contribution in [2.24, 2.45) is 10.7 Å². The highest BCUT2D eigenvalue weighted by molar-refractivity contribution is 14.0. The van der Waals surface area contributed by atoms with Crippen molar-refractivity contribution in [2.45, 2.75) is 12.5 Å². The van der Waals surface area contributed by atoms with Gasteiger partial charge < -0.3 is 20.7 Å². The van der Waals surface area contributed by atoms with Crippen LogP contribution in [0.15, 0.2) is 29.3 Å². The molecule has 0 spiro atoms. The van der Waals surface area contributed by atoms with Crippen molar-refractivity contribution < 1.29 is 9.13 Å². The quantitative estimate of drug-likeness (QED) is 0.257. The Kier molecular flexibility index (Phi) is 11.0. The number of nitrogens with zero attached hydrogens (tertiary/aromatic N) is 3. The summed E-state index contributed by atoms with van der Waals surface area (Å²) in [4.78, 5) is 8.90. The highest BCUT2D eigenvalue weighted by atomic mass is 127. The van der Waals surface area contributed by atoms with Gasteiger partial charge in [0.15, 0.2) is 5.96 Å². The summed E-state index contributed by atoms with van der Waals surface area (Å²) in [7, 11) is 3.96. The Hall–Kier alpha value is -0.970. The minimum atomic E-state index is -0.230. The summed E-state index contributed by atoms with van der Waals surface area (Å²) in [6.07, 6.45) is 1.02. The Bertz CT molecular complexity index is 535. The number of morpholine rings is 1. The first-order valence-corrected chi connectivity index (χ1v) is 8.82. The predicted molar refractivity (Wildman–Crippen MR) is 115 cm³/mol. The van der Waals surface area contributed by atoms with Crippen molar-refractivity contribution in [1.82, 2.24) is 15.1 Å². The number of rotatable bonds is 8. The summed E-state index contributed by atoms with van der Waals surface area (Å²) < 4.78 is 18.4. The van der Waals surface area contributed by atoms with Crippen molar-refractivity contribution in [1.29, 1.82) is 0 Å². The molecule has 1 fully saturated rings. The maximum atomic E-state index is 13.1. The van der Waals surface area contributed by atoms with Gasteiger partial charge in [0.05, 0.1) is 25.8 Å². The normalized spacial score (nSPS) is 17.0. The van der Waals surface area contributed by atoms with E-state index in [1.165, 1.54) is 12.1 Å². The summed E-state index contributed by atoms with van der Waals surface area (Å²) in [6.45, 7) is 6.03. The smallest absolute Gasteiger partial charge is 0.188 e. The molecule has 1 unspecified atom stereocenters. The zero-order valence-electron chi connectivity index (χ0n) is 15.7. The molecule has 0 radical (unpaired) electrons. The van der Waals surface area contributed by atoms with Crippen LogP contribution in [0.2, 0.25) is 0 Å². The minimum Gasteiger partial charge on any atom is -0.379 e. The van der Waals surface area contributed by atoms with Crippen LogP contribution in [0.25, 0.3) is 0 Å². The van der Waals surface area contributed by atoms with Crippen LogP contribution < -0.4 is 11.1 Å². The van der Waals surface area contributed by atoms with Crippen LogP contribution in [-0.2, 0) is 4.74 Å². The Balaban J connectivity index is 0.00000338. The molecule has 8 heteroatoms. The first kappa shape index (κ1) is 23.1. The van der Waals surface area contributed by atoms with Crippen LogP contribution in [0.5, 0.6) is 0 Å². The van der Waals surface area contributed by atoms with E-state index in [4.69, 9.17) is 10.5 Å². The number of benzene rings is 1. The maximum absolute atomic E-state index is 13.1. The predicted octanol–water partition coefficient (Wildman–Crippen LogP) is 1.67. The molecular weight excluding hydrogens is 448 g/mol. The van der Waals surface area contributed by atoms with E-state index in [1.807, 2.05) is 14.1 Å². The van der Waals surface area contributed by atoms with Crippen molar-refractivity contribution in [2.75, 3.05) is 60.0 Å². The molecule has 148 valence electrons. The van der Waals surface area contributed by atoms with Gasteiger partial charge in [-0.25, -0.2) is 4.39 Å². The van der Waals surface area contributed by atoms with E-state index >= 15 is 0 Å². The third-order valence-electron chi connectivity index (χ3n) is 4.37. The molecule has 1 aliphatic rings. The van der Waals surface area contributed by atoms with Crippen molar-refractivity contribution in [3.63, 3.8) is 0 Å². The number of aliphatic imine (C=N–C) groups is 1. The average Bonchev–Trinajstić information content (AvgIpc) is 2.61. The zero-order chi connectivity index (χ0) is 18.1. The average molecular weight is 479 g/mol. The van der Waals surface area contributed by atoms with Gasteiger partial charge in [0, 0.05) is 19.6 Å². The summed E-state index contributed by atoms with van der Waals surface area (Å²) in [5, 5.41) is 3.17. The molecule has 26 heavy (non-hydrogen) atoms. The van der Waals surface area contributed by atoms with E-state index < -0.39 is 0 Å². The highest BCUT2D eigenvalue weighted by Gasteiger charge is 2.14. The first-order valence-electron chi connectivity index (χ1n) is 8.82. The molecule has 2 rings (SSSR count). The van der Waals surface area contributed by atoms with Crippen LogP contribution in [-0.4, -0.2) is 75.8 Å². The maximum Gasteiger partial charge on any atom is 0.188 e. The topological polar surface area (TPSA) is 66.1 Å². The van der Waals surface area contributed by atoms with Gasteiger partial charge in [-0.2, -0.15) is 0 Å². The van der Waals surface area contributed by atoms with Gasteiger partial charge in [-0.1, -0.05) is 12.1 Å². The fourth-order valence-electron chi connectivity index (χ4n) is 2.84. The van der Waals surface area contributed by atoms with E-state index in [0.29, 0.717) is 12.5 Å². The summed E-state index contributed by atoms with van der Waals surface area (Å²) in [6, 6.07) is 6.60. The molecular formula is C18H31FIN5O. The lowest BCUT2D eigenvalue weighted by atomic mass is 10.1. The van der Waals surface area contributed by atoms with Crippen LogP contribution in [0.4, 0.5) is 4.39 Å². The molecule has 0 aromatic heterocycles. The lowest BCUT2D eigenvalue weighted by Crippen LogP contribution is -2.39. The number of hydrogen-bond donors (Lipinski definition) is 2. The fraction of sp³-hybridized carbons (Fsp3) is 0.611. The Labute approximate surface area is 173 Å². The molecule has 1 aliphatic heterocycles. The molecule has 0 bridgehead atoms. The lowest BCUT2D eigenvalue weighted by molar-refractivity contribution is 0.0376. The van der Waals surface area contributed by atoms with E-state index in [9.17, 15) is 4.39 Å². The van der Waals surface area contributed by atoms with Gasteiger partial charge in [0.2, 0.25) is 0 Å². The van der Waals surface area contributed by atoms with Gasteiger partial charge >= 0.3 is 0 Å². The minimum absolute atomic E-state index is 0. The van der Waals surface area contributed by atoms with Crippen molar-refractivity contribution in [3.8, 4) is 0 Å². The Morgan fingerprint density at radius 3 is 2.58 bits per heavy atom. The van der Waals surface area contributed by atoms with Gasteiger partial charge in [0.25, 0.3) is 0 Å². The molecule has 1 aromatic rings. The van der Waals surface area contributed by atoms with Crippen molar-refractivity contribution in [3.05, 3.63) is 35.6 Å². The Morgan fingerprint density at radius 1 is 1.31 bits per heavy atom. The largest absolute Gasteiger partial charge is 0.379 e. The number of nitrogens with two attached hydrogens (primary N) is 1. The Morgan fingerprint density at radius 2 is 1.96 bits per heavy atom. The monoisotopic (exact) mass is 479 g/mol. The van der Waals surface area contributed by atoms with Crippen LogP contribution >= 0.6 is 24.0 Å². The molecule has 1 saturated heterocycles. The zero-order valence-corrected chi connectivity index (χ0v) is 18.0. The second kappa shape index (κ2) is 12.4. The molecule has 0 aliphatic carbocycles. The molecule has 1 atom stereocenters. The first-order chi connectivity index (χ1) is 12.1. The van der Waals surface area contributed by atoms with E-state index in [0.717, 1.165) is 51.4 Å². The SMILES string of the molecule is CN(C)C(CN=C(N)NCCCN1CCOCC1)c1ccc(F)cc1.I. The third kappa shape index (κ3) is 8.15. The van der Waals surface area contributed by atoms with E-state index in [2.05, 4.69) is 20.1 Å². The standard InChI is InChI=1S/C18H30FN5O.HI/c1-23(2)17(15-4-6-16(19)7-5-15)14-22-18(20)21-8-3-9-24-10-12-25-13-11-24;/h4-7,17H,3,8-14H2,1-2H3,(H3,20,21,22);1H. The molecule has 1 heterocycles. The number of halogens is 2. The van der Waals surface area contributed by atoms with Gasteiger partial charge in [0.1, 0.15) is 5.82 Å². The molecule has 6 nitrogen and oxygen atoms in total. The summed E-state index contributed by atoms with van der Waals surface area (Å²) in [5.41, 5.74) is 6.99. The molecule has 0 amide bonds. The van der Waals surface area contributed by atoms with Gasteiger partial charge in [-0.3, -0.25) is 9.89 Å². The number of ether oxygens (including phenoxy) is 1. The fourth-order valence-corrected chi connectivity index (χ4v) is 2.84. The number of hydrogen-bond acceptors (Lipinski definition) is 4. The number of likely N-dealkylation sites (N-methyl/N-ethyl adjacent to an activating group) is 1. The van der Waals surface area contributed by atoms with E-state index in [-0.39, 0.29) is 35.8 Å². The van der Waals surface area contributed by atoms with Gasteiger partial charge in [-0.05, 0) is 44.8 Å². The second-order valence-electron chi connectivity index (χ2n) is 6.49. The number of guanidine groups is 1. The van der Waals surface area contributed by atoms with Crippen LogP contribution in [0.3, 0.4) is 0 Å². The van der Waals surface area contributed by atoms with Gasteiger partial charge in [-0.15, -0.1) is 24.0 Å². The van der Waals surface area contributed by atoms with Crippen LogP contribution in [0.1, 0.15) is 18.0 Å². The summed E-state index contributed by atoms with van der Waals surface area (Å²) in [5.74, 6) is 0.224. The van der Waals surface area contributed by atoms with Crippen LogP contribution in [0, 0.1) is 5.82 Å². The summed E-state index contributed by atoms with van der Waals surface area (Å²) >= 11 is 0. The number of nitrogens with one attached hydrogen (secondary N) is 1. The highest BCUT2D eigenvalue weighted by Crippen LogP contribution is 2.18.